The molecule has 1 atom stereocenters. The summed E-state index contributed by atoms with van der Waals surface area (Å²) in [4.78, 5) is 29.0. The van der Waals surface area contributed by atoms with Gasteiger partial charge in [0.1, 0.15) is 24.1 Å². The maximum atomic E-state index is 14.2. The Hall–Kier alpha value is -4.05. The predicted molar refractivity (Wildman–Crippen MR) is 164 cm³/mol. The highest BCUT2D eigenvalue weighted by molar-refractivity contribution is 7.92. The van der Waals surface area contributed by atoms with Gasteiger partial charge in [0.05, 0.1) is 24.3 Å². The standard InChI is InChI=1S/C32H41N3O6S/c1-5-8-21-33-32(37)30(6-2)34(23-25-13-12-14-28(22-25)40-4)31(36)24-35(26-17-19-27(20-18-26)41-7-3)42(38,39)29-15-10-9-11-16-29/h9-20,22,30H,5-8,21,23-24H2,1-4H3,(H,33,37). The quantitative estimate of drug-likeness (QED) is 0.234. The third-order valence-electron chi connectivity index (χ3n) is 6.75. The van der Waals surface area contributed by atoms with Gasteiger partial charge in [0.25, 0.3) is 10.0 Å². The van der Waals surface area contributed by atoms with Gasteiger partial charge in [-0.2, -0.15) is 0 Å². The number of amides is 2. The molecule has 0 saturated heterocycles. The number of ether oxygens (including phenoxy) is 2. The number of unbranched alkanes of at least 4 members (excludes halogenated alkanes) is 1. The lowest BCUT2D eigenvalue weighted by atomic mass is 10.1. The fourth-order valence-electron chi connectivity index (χ4n) is 4.52. The van der Waals surface area contributed by atoms with Crippen molar-refractivity contribution in [1.82, 2.24) is 10.2 Å². The number of rotatable bonds is 16. The summed E-state index contributed by atoms with van der Waals surface area (Å²) in [5.74, 6) is 0.409. The van der Waals surface area contributed by atoms with Crippen molar-refractivity contribution in [2.75, 3.05) is 31.1 Å². The largest absolute Gasteiger partial charge is 0.497 e. The minimum Gasteiger partial charge on any atom is -0.497 e. The van der Waals surface area contributed by atoms with Crippen LogP contribution in [0.15, 0.2) is 83.8 Å². The van der Waals surface area contributed by atoms with E-state index in [9.17, 15) is 18.0 Å². The van der Waals surface area contributed by atoms with Crippen LogP contribution < -0.4 is 19.1 Å². The van der Waals surface area contributed by atoms with E-state index in [-0.39, 0.29) is 17.3 Å². The van der Waals surface area contributed by atoms with Crippen LogP contribution in [0, 0.1) is 0 Å². The van der Waals surface area contributed by atoms with Crippen molar-refractivity contribution in [3.63, 3.8) is 0 Å². The van der Waals surface area contributed by atoms with Gasteiger partial charge in [0, 0.05) is 13.1 Å². The van der Waals surface area contributed by atoms with E-state index < -0.39 is 28.5 Å². The second-order valence-corrected chi connectivity index (χ2v) is 11.6. The molecule has 10 heteroatoms. The van der Waals surface area contributed by atoms with Crippen LogP contribution in [-0.2, 0) is 26.2 Å². The molecule has 0 saturated carbocycles. The molecule has 0 spiro atoms. The van der Waals surface area contributed by atoms with E-state index in [0.717, 1.165) is 22.7 Å². The molecule has 0 bridgehead atoms. The van der Waals surface area contributed by atoms with Crippen LogP contribution in [0.5, 0.6) is 11.5 Å². The maximum absolute atomic E-state index is 14.2. The minimum absolute atomic E-state index is 0.0513. The topological polar surface area (TPSA) is 105 Å². The summed E-state index contributed by atoms with van der Waals surface area (Å²) in [6.07, 6.45) is 2.08. The van der Waals surface area contributed by atoms with Gasteiger partial charge < -0.3 is 19.7 Å². The minimum atomic E-state index is -4.14. The Morgan fingerprint density at radius 2 is 1.62 bits per heavy atom. The fraction of sp³-hybridized carbons (Fsp3) is 0.375. The molecule has 0 aliphatic carbocycles. The number of carbonyl (C=O) groups excluding carboxylic acids is 2. The first-order valence-electron chi connectivity index (χ1n) is 14.3. The van der Waals surface area contributed by atoms with Crippen molar-refractivity contribution in [2.45, 2.75) is 57.5 Å². The van der Waals surface area contributed by atoms with E-state index in [2.05, 4.69) is 5.32 Å². The van der Waals surface area contributed by atoms with Gasteiger partial charge in [0.2, 0.25) is 11.8 Å². The summed E-state index contributed by atoms with van der Waals surface area (Å²) in [7, 11) is -2.58. The van der Waals surface area contributed by atoms with Crippen LogP contribution in [0.4, 0.5) is 5.69 Å². The van der Waals surface area contributed by atoms with E-state index in [1.807, 2.05) is 32.9 Å². The molecule has 9 nitrogen and oxygen atoms in total. The lowest BCUT2D eigenvalue weighted by Crippen LogP contribution is -2.52. The second-order valence-electron chi connectivity index (χ2n) is 9.69. The monoisotopic (exact) mass is 595 g/mol. The van der Waals surface area contributed by atoms with Gasteiger partial charge in [-0.1, -0.05) is 50.6 Å². The number of hydrogen-bond acceptors (Lipinski definition) is 6. The molecule has 3 aromatic rings. The van der Waals surface area contributed by atoms with Gasteiger partial charge in [-0.05, 0) is 73.9 Å². The Kier molecular flexibility index (Phi) is 12.2. The van der Waals surface area contributed by atoms with Crippen LogP contribution in [0.1, 0.15) is 45.6 Å². The van der Waals surface area contributed by atoms with Crippen molar-refractivity contribution >= 4 is 27.5 Å². The molecule has 2 amide bonds. The summed E-state index contributed by atoms with van der Waals surface area (Å²) >= 11 is 0. The Bertz CT molecular complexity index is 1400. The Labute approximate surface area is 249 Å². The average Bonchev–Trinajstić information content (AvgIpc) is 3.01. The number of benzene rings is 3. The Balaban J connectivity index is 2.03. The molecule has 1 N–H and O–H groups in total. The van der Waals surface area contributed by atoms with Crippen LogP contribution in [0.3, 0.4) is 0 Å². The first-order valence-corrected chi connectivity index (χ1v) is 15.7. The lowest BCUT2D eigenvalue weighted by molar-refractivity contribution is -0.140. The number of nitrogens with zero attached hydrogens (tertiary/aromatic N) is 2. The summed E-state index contributed by atoms with van der Waals surface area (Å²) < 4.78 is 39.8. The van der Waals surface area contributed by atoms with Crippen molar-refractivity contribution in [1.29, 1.82) is 0 Å². The van der Waals surface area contributed by atoms with Crippen LogP contribution in [0.25, 0.3) is 0 Å². The zero-order valence-electron chi connectivity index (χ0n) is 24.8. The summed E-state index contributed by atoms with van der Waals surface area (Å²) in [5.41, 5.74) is 1.05. The van der Waals surface area contributed by atoms with Crippen LogP contribution in [0.2, 0.25) is 0 Å². The molecule has 0 radical (unpaired) electrons. The van der Waals surface area contributed by atoms with E-state index >= 15 is 0 Å². The zero-order valence-corrected chi connectivity index (χ0v) is 25.6. The number of sulfonamides is 1. The summed E-state index contributed by atoms with van der Waals surface area (Å²) in [6, 6.07) is 21.0. The van der Waals surface area contributed by atoms with Crippen LogP contribution in [-0.4, -0.2) is 58.0 Å². The second kappa shape index (κ2) is 15.8. The van der Waals surface area contributed by atoms with Gasteiger partial charge >= 0.3 is 0 Å². The van der Waals surface area contributed by atoms with Gasteiger partial charge in [-0.15, -0.1) is 0 Å². The molecule has 3 rings (SSSR count). The van der Waals surface area contributed by atoms with Gasteiger partial charge in [-0.3, -0.25) is 13.9 Å². The maximum Gasteiger partial charge on any atom is 0.264 e. The Morgan fingerprint density at radius 1 is 0.905 bits per heavy atom. The molecule has 0 aromatic heterocycles. The SMILES string of the molecule is CCCCNC(=O)C(CC)N(Cc1cccc(OC)c1)C(=O)CN(c1ccc(OCC)cc1)S(=O)(=O)c1ccccc1. The number of anilines is 1. The highest BCUT2D eigenvalue weighted by atomic mass is 32.2. The lowest BCUT2D eigenvalue weighted by Gasteiger charge is -2.33. The average molecular weight is 596 g/mol. The first-order chi connectivity index (χ1) is 20.2. The first kappa shape index (κ1) is 32.5. The normalized spacial score (nSPS) is 11.8. The summed E-state index contributed by atoms with van der Waals surface area (Å²) in [6.45, 7) is 6.27. The molecule has 0 fully saturated rings. The van der Waals surface area contributed by atoms with Gasteiger partial charge in [0.15, 0.2) is 0 Å². The van der Waals surface area contributed by atoms with Crippen molar-refractivity contribution in [2.24, 2.45) is 0 Å². The summed E-state index contributed by atoms with van der Waals surface area (Å²) in [5, 5.41) is 2.93. The molecular formula is C32H41N3O6S. The van der Waals surface area contributed by atoms with E-state index in [1.165, 1.54) is 17.0 Å². The molecule has 0 heterocycles. The number of nitrogens with one attached hydrogen (secondary N) is 1. The zero-order chi connectivity index (χ0) is 30.5. The molecule has 1 unspecified atom stereocenters. The number of methoxy groups -OCH3 is 1. The molecule has 42 heavy (non-hydrogen) atoms. The smallest absolute Gasteiger partial charge is 0.264 e. The molecular weight excluding hydrogens is 554 g/mol. The molecule has 3 aromatic carbocycles. The number of carbonyl (C=O) groups is 2. The van der Waals surface area contributed by atoms with Crippen LogP contribution >= 0.6 is 0 Å². The third-order valence-corrected chi connectivity index (χ3v) is 8.54. The van der Waals surface area contributed by atoms with E-state index in [0.29, 0.717) is 36.8 Å². The third kappa shape index (κ3) is 8.48. The van der Waals surface area contributed by atoms with E-state index in [1.54, 1.807) is 61.7 Å². The Morgan fingerprint density at radius 3 is 2.24 bits per heavy atom. The predicted octanol–water partition coefficient (Wildman–Crippen LogP) is 5.01. The molecule has 0 aliphatic heterocycles. The van der Waals surface area contributed by atoms with Crippen molar-refractivity contribution in [3.05, 3.63) is 84.4 Å². The molecule has 0 aliphatic rings. The highest BCUT2D eigenvalue weighted by Gasteiger charge is 2.33. The van der Waals surface area contributed by atoms with Crippen molar-refractivity contribution in [3.8, 4) is 11.5 Å². The van der Waals surface area contributed by atoms with Gasteiger partial charge in [-0.25, -0.2) is 8.42 Å². The number of hydrogen-bond donors (Lipinski definition) is 1. The molecule has 226 valence electrons. The fourth-order valence-corrected chi connectivity index (χ4v) is 5.95. The highest BCUT2D eigenvalue weighted by Crippen LogP contribution is 2.27. The van der Waals surface area contributed by atoms with E-state index in [4.69, 9.17) is 9.47 Å². The van der Waals surface area contributed by atoms with Crippen molar-refractivity contribution < 1.29 is 27.5 Å².